The molecule has 0 spiro atoms. The normalized spacial score (nSPS) is 26.7. The number of esters is 2. The van der Waals surface area contributed by atoms with E-state index in [1.54, 1.807) is 6.08 Å². The fraction of sp³-hybridized carbons (Fsp3) is 0.818. The van der Waals surface area contributed by atoms with E-state index in [0.29, 0.717) is 19.8 Å². The molecule has 7 heteroatoms. The van der Waals surface area contributed by atoms with Crippen molar-refractivity contribution in [2.24, 2.45) is 5.92 Å². The Labute approximate surface area is 174 Å². The zero-order chi connectivity index (χ0) is 21.4. The van der Waals surface area contributed by atoms with Crippen molar-refractivity contribution in [2.45, 2.75) is 90.4 Å². The lowest BCUT2D eigenvalue weighted by Gasteiger charge is -2.36. The number of hydrogen-bond acceptors (Lipinski definition) is 7. The van der Waals surface area contributed by atoms with E-state index in [0.717, 1.165) is 38.5 Å². The van der Waals surface area contributed by atoms with Crippen LogP contribution in [-0.2, 0) is 28.5 Å². The van der Waals surface area contributed by atoms with Crippen LogP contribution in [-0.4, -0.2) is 60.8 Å². The van der Waals surface area contributed by atoms with Crippen molar-refractivity contribution >= 4 is 11.9 Å². The van der Waals surface area contributed by atoms with E-state index in [9.17, 15) is 9.59 Å². The fourth-order valence-corrected chi connectivity index (χ4v) is 3.89. The molecule has 2 rings (SSSR count). The number of carbonyl (C=O) groups is 2. The van der Waals surface area contributed by atoms with Gasteiger partial charge in [-0.3, -0.25) is 9.59 Å². The van der Waals surface area contributed by atoms with Gasteiger partial charge in [-0.1, -0.05) is 6.08 Å². The lowest BCUT2D eigenvalue weighted by molar-refractivity contribution is -0.251. The molecule has 2 fully saturated rings. The predicted molar refractivity (Wildman–Crippen MR) is 109 cm³/mol. The van der Waals surface area contributed by atoms with Crippen molar-refractivity contribution < 1.29 is 28.5 Å². The highest BCUT2D eigenvalue weighted by Crippen LogP contribution is 2.31. The maximum absolute atomic E-state index is 12.7. The first-order valence-corrected chi connectivity index (χ1v) is 10.8. The summed E-state index contributed by atoms with van der Waals surface area (Å²) in [6.07, 6.45) is 5.66. The van der Waals surface area contributed by atoms with Gasteiger partial charge in [-0.2, -0.15) is 0 Å². The quantitative estimate of drug-likeness (QED) is 0.327. The second-order valence-corrected chi connectivity index (χ2v) is 8.72. The van der Waals surface area contributed by atoms with Crippen LogP contribution < -0.4 is 0 Å². The van der Waals surface area contributed by atoms with Crippen LogP contribution in [0.2, 0.25) is 0 Å². The third-order valence-corrected chi connectivity index (χ3v) is 5.20. The molecule has 2 aliphatic rings. The van der Waals surface area contributed by atoms with Gasteiger partial charge in [0.2, 0.25) is 6.41 Å². The summed E-state index contributed by atoms with van der Waals surface area (Å²) in [6, 6.07) is -0.375. The molecule has 0 bridgehead atoms. The van der Waals surface area contributed by atoms with Crippen LogP contribution in [0.3, 0.4) is 0 Å². The molecule has 1 saturated carbocycles. The molecule has 1 aliphatic carbocycles. The standard InChI is InChI=1S/C22H37NO6/c1-6-15-27-21(23-14-8-9-18(23)20(25)29-22(3,4)5)28-17-12-10-16(11-13-17)19(24)26-7-2/h6,16-18,21H,1,7-15H2,2-5H3/t16?,17?,18-,21-/m0/s1. The Morgan fingerprint density at radius 3 is 2.41 bits per heavy atom. The van der Waals surface area contributed by atoms with Crippen LogP contribution >= 0.6 is 0 Å². The summed E-state index contributed by atoms with van der Waals surface area (Å²) in [4.78, 5) is 26.6. The summed E-state index contributed by atoms with van der Waals surface area (Å²) in [7, 11) is 0. The molecule has 166 valence electrons. The average molecular weight is 412 g/mol. The fourth-order valence-electron chi connectivity index (χ4n) is 3.89. The molecule has 0 aromatic rings. The molecule has 1 heterocycles. The van der Waals surface area contributed by atoms with E-state index in [1.807, 2.05) is 32.6 Å². The van der Waals surface area contributed by atoms with Gasteiger partial charge in [-0.15, -0.1) is 6.58 Å². The van der Waals surface area contributed by atoms with Crippen molar-refractivity contribution in [3.8, 4) is 0 Å². The maximum Gasteiger partial charge on any atom is 0.324 e. The monoisotopic (exact) mass is 411 g/mol. The Hall–Kier alpha value is -1.44. The van der Waals surface area contributed by atoms with Crippen molar-refractivity contribution in [2.75, 3.05) is 19.8 Å². The Kier molecular flexibility index (Phi) is 9.11. The molecule has 0 radical (unpaired) electrons. The van der Waals surface area contributed by atoms with Gasteiger partial charge >= 0.3 is 11.9 Å². The summed E-state index contributed by atoms with van der Waals surface area (Å²) in [5.74, 6) is -0.407. The molecular formula is C22H37NO6. The van der Waals surface area contributed by atoms with Crippen LogP contribution in [0.1, 0.15) is 66.2 Å². The predicted octanol–water partition coefficient (Wildman–Crippen LogP) is 3.42. The van der Waals surface area contributed by atoms with Gasteiger partial charge in [0.15, 0.2) is 0 Å². The van der Waals surface area contributed by atoms with Gasteiger partial charge in [0, 0.05) is 6.54 Å². The summed E-state index contributed by atoms with van der Waals surface area (Å²) in [5, 5.41) is 0. The van der Waals surface area contributed by atoms with Gasteiger partial charge in [0.1, 0.15) is 11.6 Å². The highest BCUT2D eigenvalue weighted by molar-refractivity contribution is 5.76. The molecule has 0 amide bonds. The molecule has 2 atom stereocenters. The molecule has 0 unspecified atom stereocenters. The number of ether oxygens (including phenoxy) is 4. The lowest BCUT2D eigenvalue weighted by atomic mass is 9.87. The van der Waals surface area contributed by atoms with Gasteiger partial charge in [-0.25, -0.2) is 4.90 Å². The molecule has 1 saturated heterocycles. The lowest BCUT2D eigenvalue weighted by Crippen LogP contribution is -2.49. The molecule has 7 nitrogen and oxygen atoms in total. The smallest absolute Gasteiger partial charge is 0.324 e. The first-order valence-electron chi connectivity index (χ1n) is 10.8. The van der Waals surface area contributed by atoms with Crippen LogP contribution in [0.4, 0.5) is 0 Å². The van der Waals surface area contributed by atoms with E-state index in [2.05, 4.69) is 6.58 Å². The highest BCUT2D eigenvalue weighted by Gasteiger charge is 2.40. The summed E-state index contributed by atoms with van der Waals surface area (Å²) >= 11 is 0. The third kappa shape index (κ3) is 7.39. The van der Waals surface area contributed by atoms with Gasteiger partial charge in [0.05, 0.1) is 25.2 Å². The summed E-state index contributed by atoms with van der Waals surface area (Å²) < 4.78 is 22.9. The molecular weight excluding hydrogens is 374 g/mol. The van der Waals surface area contributed by atoms with Crippen LogP contribution in [0.15, 0.2) is 12.7 Å². The largest absolute Gasteiger partial charge is 0.466 e. The number of likely N-dealkylation sites (tertiary alicyclic amines) is 1. The maximum atomic E-state index is 12.7. The summed E-state index contributed by atoms with van der Waals surface area (Å²) in [5.41, 5.74) is -0.533. The Morgan fingerprint density at radius 2 is 1.83 bits per heavy atom. The molecule has 0 N–H and O–H groups in total. The van der Waals surface area contributed by atoms with E-state index in [-0.39, 0.29) is 30.0 Å². The second-order valence-electron chi connectivity index (χ2n) is 8.72. The van der Waals surface area contributed by atoms with E-state index in [1.165, 1.54) is 0 Å². The first kappa shape index (κ1) is 23.8. The van der Waals surface area contributed by atoms with Gasteiger partial charge in [-0.05, 0) is 66.2 Å². The average Bonchev–Trinajstić information content (AvgIpc) is 3.14. The van der Waals surface area contributed by atoms with Crippen molar-refractivity contribution in [1.82, 2.24) is 4.90 Å². The Bertz CT molecular complexity index is 550. The topological polar surface area (TPSA) is 74.3 Å². The first-order chi connectivity index (χ1) is 13.7. The molecule has 29 heavy (non-hydrogen) atoms. The van der Waals surface area contributed by atoms with E-state index >= 15 is 0 Å². The van der Waals surface area contributed by atoms with E-state index in [4.69, 9.17) is 18.9 Å². The van der Waals surface area contributed by atoms with Crippen molar-refractivity contribution in [1.29, 1.82) is 0 Å². The van der Waals surface area contributed by atoms with Crippen LogP contribution in [0.25, 0.3) is 0 Å². The number of nitrogens with zero attached hydrogens (tertiary/aromatic N) is 1. The van der Waals surface area contributed by atoms with Crippen molar-refractivity contribution in [3.05, 3.63) is 12.7 Å². The summed E-state index contributed by atoms with van der Waals surface area (Å²) in [6.45, 7) is 12.6. The Morgan fingerprint density at radius 1 is 1.14 bits per heavy atom. The minimum absolute atomic E-state index is 0.0182. The minimum Gasteiger partial charge on any atom is -0.466 e. The molecule has 1 aliphatic heterocycles. The second kappa shape index (κ2) is 11.1. The SMILES string of the molecule is C=CCO[C@@H](OC1CCC(C(=O)OCC)CC1)N1CCC[C@H]1C(=O)OC(C)(C)C. The van der Waals surface area contributed by atoms with Crippen LogP contribution in [0.5, 0.6) is 0 Å². The Balaban J connectivity index is 1.97. The molecule has 0 aromatic carbocycles. The number of hydrogen-bond donors (Lipinski definition) is 0. The zero-order valence-corrected chi connectivity index (χ0v) is 18.4. The molecule has 0 aromatic heterocycles. The number of rotatable bonds is 9. The van der Waals surface area contributed by atoms with E-state index < -0.39 is 12.0 Å². The third-order valence-electron chi connectivity index (χ3n) is 5.20. The van der Waals surface area contributed by atoms with Crippen LogP contribution in [0, 0.1) is 5.92 Å². The number of carbonyl (C=O) groups excluding carboxylic acids is 2. The van der Waals surface area contributed by atoms with Gasteiger partial charge in [0.25, 0.3) is 0 Å². The van der Waals surface area contributed by atoms with Crippen molar-refractivity contribution in [3.63, 3.8) is 0 Å². The minimum atomic E-state index is -0.628. The zero-order valence-electron chi connectivity index (χ0n) is 18.4. The van der Waals surface area contributed by atoms with Gasteiger partial charge < -0.3 is 18.9 Å². The highest BCUT2D eigenvalue weighted by atomic mass is 16.7.